The van der Waals surface area contributed by atoms with Crippen molar-refractivity contribution in [3.63, 3.8) is 0 Å². The van der Waals surface area contributed by atoms with Gasteiger partial charge in [-0.1, -0.05) is 18.2 Å². The lowest BCUT2D eigenvalue weighted by molar-refractivity contribution is 0.223. The van der Waals surface area contributed by atoms with Crippen LogP contribution in [0.4, 0.5) is 10.5 Å². The lowest BCUT2D eigenvalue weighted by Crippen LogP contribution is -2.32. The van der Waals surface area contributed by atoms with Crippen molar-refractivity contribution in [2.24, 2.45) is 0 Å². The van der Waals surface area contributed by atoms with Crippen LogP contribution in [-0.2, 0) is 6.42 Å². The minimum absolute atomic E-state index is 0.0970. The number of urea groups is 1. The van der Waals surface area contributed by atoms with E-state index in [0.29, 0.717) is 6.54 Å². The molecule has 19 heavy (non-hydrogen) atoms. The number of carbonyl (C=O) groups excluding carboxylic acids is 1. The number of hydrogen-bond acceptors (Lipinski definition) is 2. The summed E-state index contributed by atoms with van der Waals surface area (Å²) in [6.07, 6.45) is 4.35. The molecule has 2 rings (SSSR count). The third-order valence-electron chi connectivity index (χ3n) is 2.86. The van der Waals surface area contributed by atoms with Crippen LogP contribution >= 0.6 is 0 Å². The molecule has 4 heteroatoms. The van der Waals surface area contributed by atoms with Crippen LogP contribution in [0.5, 0.6) is 0 Å². The molecule has 1 aromatic heterocycles. The van der Waals surface area contributed by atoms with Gasteiger partial charge in [0.25, 0.3) is 0 Å². The van der Waals surface area contributed by atoms with E-state index in [9.17, 15) is 4.79 Å². The number of carbonyl (C=O) groups is 1. The molecule has 4 nitrogen and oxygen atoms in total. The Morgan fingerprint density at radius 2 is 1.84 bits per heavy atom. The topological polar surface area (TPSA) is 45.2 Å². The van der Waals surface area contributed by atoms with Crippen LogP contribution < -0.4 is 5.32 Å². The minimum atomic E-state index is -0.0970. The number of benzene rings is 1. The molecule has 0 bridgehead atoms. The van der Waals surface area contributed by atoms with Gasteiger partial charge in [0, 0.05) is 31.7 Å². The highest BCUT2D eigenvalue weighted by Crippen LogP contribution is 2.06. The van der Waals surface area contributed by atoms with Crippen molar-refractivity contribution in [3.05, 3.63) is 60.4 Å². The van der Waals surface area contributed by atoms with Gasteiger partial charge in [0.05, 0.1) is 0 Å². The highest BCUT2D eigenvalue weighted by molar-refractivity contribution is 5.89. The zero-order chi connectivity index (χ0) is 13.5. The van der Waals surface area contributed by atoms with E-state index in [1.165, 1.54) is 5.56 Å². The van der Waals surface area contributed by atoms with E-state index in [1.807, 2.05) is 42.5 Å². The first-order chi connectivity index (χ1) is 9.25. The third-order valence-corrected chi connectivity index (χ3v) is 2.86. The Balaban J connectivity index is 1.83. The maximum Gasteiger partial charge on any atom is 0.321 e. The molecular weight excluding hydrogens is 238 g/mol. The lowest BCUT2D eigenvalue weighted by Gasteiger charge is -2.17. The smallest absolute Gasteiger partial charge is 0.321 e. The highest BCUT2D eigenvalue weighted by atomic mass is 16.2. The van der Waals surface area contributed by atoms with E-state index in [-0.39, 0.29) is 6.03 Å². The molecule has 0 atom stereocenters. The maximum absolute atomic E-state index is 11.9. The Morgan fingerprint density at radius 3 is 2.53 bits per heavy atom. The molecule has 0 saturated carbocycles. The lowest BCUT2D eigenvalue weighted by atomic mass is 10.2. The standard InChI is InChI=1S/C15H17N3O/c1-18(12-9-13-7-10-16-11-8-13)15(19)17-14-5-3-2-4-6-14/h2-8,10-11H,9,12H2,1H3,(H,17,19). The molecule has 0 aliphatic carbocycles. The van der Waals surface area contributed by atoms with Gasteiger partial charge in [-0.15, -0.1) is 0 Å². The van der Waals surface area contributed by atoms with Crippen molar-refractivity contribution < 1.29 is 4.79 Å². The summed E-state index contributed by atoms with van der Waals surface area (Å²) in [5.41, 5.74) is 1.98. The van der Waals surface area contributed by atoms with Crippen LogP contribution in [-0.4, -0.2) is 29.5 Å². The fraction of sp³-hybridized carbons (Fsp3) is 0.200. The number of anilines is 1. The van der Waals surface area contributed by atoms with Gasteiger partial charge in [-0.3, -0.25) is 4.98 Å². The van der Waals surface area contributed by atoms with Gasteiger partial charge < -0.3 is 10.2 Å². The highest BCUT2D eigenvalue weighted by Gasteiger charge is 2.08. The SMILES string of the molecule is CN(CCc1ccncc1)C(=O)Nc1ccccc1. The van der Waals surface area contributed by atoms with Crippen molar-refractivity contribution in [2.45, 2.75) is 6.42 Å². The normalized spacial score (nSPS) is 9.95. The van der Waals surface area contributed by atoms with E-state index in [0.717, 1.165) is 12.1 Å². The van der Waals surface area contributed by atoms with Crippen LogP contribution in [0, 0.1) is 0 Å². The molecule has 0 radical (unpaired) electrons. The molecule has 2 aromatic rings. The summed E-state index contributed by atoms with van der Waals surface area (Å²) in [6, 6.07) is 13.3. The van der Waals surface area contributed by atoms with Gasteiger partial charge in [0.2, 0.25) is 0 Å². The number of likely N-dealkylation sites (N-methyl/N-ethyl adjacent to an activating group) is 1. The predicted octanol–water partition coefficient (Wildman–Crippen LogP) is 2.79. The number of rotatable bonds is 4. The summed E-state index contributed by atoms with van der Waals surface area (Å²) in [7, 11) is 1.79. The number of para-hydroxylation sites is 1. The van der Waals surface area contributed by atoms with E-state index >= 15 is 0 Å². The average molecular weight is 255 g/mol. The molecule has 0 saturated heterocycles. The largest absolute Gasteiger partial charge is 0.327 e. The summed E-state index contributed by atoms with van der Waals surface area (Å²) in [5.74, 6) is 0. The van der Waals surface area contributed by atoms with E-state index in [2.05, 4.69) is 10.3 Å². The molecule has 2 amide bonds. The third kappa shape index (κ3) is 4.10. The van der Waals surface area contributed by atoms with Crippen molar-refractivity contribution >= 4 is 11.7 Å². The molecule has 0 aliphatic rings. The number of aromatic nitrogens is 1. The second-order valence-electron chi connectivity index (χ2n) is 4.32. The van der Waals surface area contributed by atoms with Gasteiger partial charge in [0.15, 0.2) is 0 Å². The van der Waals surface area contributed by atoms with Crippen LogP contribution in [0.3, 0.4) is 0 Å². The molecule has 1 heterocycles. The molecule has 0 unspecified atom stereocenters. The maximum atomic E-state index is 11.9. The first kappa shape index (κ1) is 13.1. The number of nitrogens with one attached hydrogen (secondary N) is 1. The van der Waals surface area contributed by atoms with Gasteiger partial charge in [-0.05, 0) is 36.2 Å². The number of hydrogen-bond donors (Lipinski definition) is 1. The first-order valence-corrected chi connectivity index (χ1v) is 6.22. The average Bonchev–Trinajstić information content (AvgIpc) is 2.47. The zero-order valence-corrected chi connectivity index (χ0v) is 10.9. The Kier molecular flexibility index (Phi) is 4.50. The van der Waals surface area contributed by atoms with Crippen LogP contribution in [0.25, 0.3) is 0 Å². The van der Waals surface area contributed by atoms with Crippen molar-refractivity contribution in [1.82, 2.24) is 9.88 Å². The Bertz CT molecular complexity index is 513. The Labute approximate surface area is 113 Å². The van der Waals surface area contributed by atoms with E-state index < -0.39 is 0 Å². The van der Waals surface area contributed by atoms with Gasteiger partial charge in [-0.2, -0.15) is 0 Å². The summed E-state index contributed by atoms with van der Waals surface area (Å²) in [4.78, 5) is 17.6. The second-order valence-corrected chi connectivity index (χ2v) is 4.32. The quantitative estimate of drug-likeness (QED) is 0.913. The van der Waals surface area contributed by atoms with Crippen LogP contribution in [0.1, 0.15) is 5.56 Å². The molecular formula is C15H17N3O. The van der Waals surface area contributed by atoms with E-state index in [1.54, 1.807) is 24.3 Å². The molecule has 0 spiro atoms. The van der Waals surface area contributed by atoms with E-state index in [4.69, 9.17) is 0 Å². The summed E-state index contributed by atoms with van der Waals surface area (Å²) < 4.78 is 0. The fourth-order valence-electron chi connectivity index (χ4n) is 1.69. The number of nitrogens with zero attached hydrogens (tertiary/aromatic N) is 2. The summed E-state index contributed by atoms with van der Waals surface area (Å²) >= 11 is 0. The van der Waals surface area contributed by atoms with Gasteiger partial charge in [0.1, 0.15) is 0 Å². The molecule has 1 N–H and O–H groups in total. The first-order valence-electron chi connectivity index (χ1n) is 6.22. The van der Waals surface area contributed by atoms with Gasteiger partial charge in [-0.25, -0.2) is 4.79 Å². The summed E-state index contributed by atoms with van der Waals surface area (Å²) in [5, 5.41) is 2.85. The second kappa shape index (κ2) is 6.54. The van der Waals surface area contributed by atoms with Crippen LogP contribution in [0.2, 0.25) is 0 Å². The van der Waals surface area contributed by atoms with Crippen molar-refractivity contribution in [2.75, 3.05) is 18.9 Å². The molecule has 0 aliphatic heterocycles. The van der Waals surface area contributed by atoms with Gasteiger partial charge >= 0.3 is 6.03 Å². The fourth-order valence-corrected chi connectivity index (χ4v) is 1.69. The molecule has 98 valence electrons. The van der Waals surface area contributed by atoms with Crippen molar-refractivity contribution in [3.8, 4) is 0 Å². The Morgan fingerprint density at radius 1 is 1.16 bits per heavy atom. The number of amides is 2. The molecule has 0 fully saturated rings. The predicted molar refractivity (Wildman–Crippen MR) is 76.0 cm³/mol. The van der Waals surface area contributed by atoms with Crippen molar-refractivity contribution in [1.29, 1.82) is 0 Å². The number of pyridine rings is 1. The Hall–Kier alpha value is -2.36. The molecule has 1 aromatic carbocycles. The minimum Gasteiger partial charge on any atom is -0.327 e. The summed E-state index contributed by atoms with van der Waals surface area (Å²) in [6.45, 7) is 0.669. The zero-order valence-electron chi connectivity index (χ0n) is 10.9. The monoisotopic (exact) mass is 255 g/mol. The van der Waals surface area contributed by atoms with Crippen LogP contribution in [0.15, 0.2) is 54.9 Å².